The number of benzene rings is 1. The lowest BCUT2D eigenvalue weighted by Crippen LogP contribution is -2.42. The SMILES string of the molecule is CCCC(NC(=O)Nc1cccc(C(N)=O)c1)C(=O)O. The van der Waals surface area contributed by atoms with E-state index in [1.807, 2.05) is 6.92 Å². The highest BCUT2D eigenvalue weighted by Crippen LogP contribution is 2.10. The molecule has 0 aromatic heterocycles. The molecule has 5 N–H and O–H groups in total. The van der Waals surface area contributed by atoms with Gasteiger partial charge >= 0.3 is 12.0 Å². The van der Waals surface area contributed by atoms with E-state index < -0.39 is 23.9 Å². The van der Waals surface area contributed by atoms with Gasteiger partial charge in [0, 0.05) is 11.3 Å². The first kappa shape index (κ1) is 15.5. The maximum atomic E-state index is 11.7. The third-order valence-corrected chi connectivity index (χ3v) is 2.59. The minimum Gasteiger partial charge on any atom is -0.480 e. The molecule has 0 fully saturated rings. The fourth-order valence-corrected chi connectivity index (χ4v) is 1.62. The first-order valence-electron chi connectivity index (χ1n) is 6.14. The number of aliphatic carboxylic acids is 1. The van der Waals surface area contributed by atoms with Crippen molar-refractivity contribution in [2.24, 2.45) is 5.73 Å². The van der Waals surface area contributed by atoms with E-state index in [-0.39, 0.29) is 5.56 Å². The van der Waals surface area contributed by atoms with Crippen LogP contribution >= 0.6 is 0 Å². The highest BCUT2D eigenvalue weighted by Gasteiger charge is 2.18. The van der Waals surface area contributed by atoms with Gasteiger partial charge in [-0.3, -0.25) is 4.79 Å². The summed E-state index contributed by atoms with van der Waals surface area (Å²) in [6.45, 7) is 1.83. The molecular formula is C13H17N3O4. The average molecular weight is 279 g/mol. The number of carbonyl (C=O) groups excluding carboxylic acids is 2. The molecule has 0 saturated heterocycles. The number of hydrogen-bond acceptors (Lipinski definition) is 3. The summed E-state index contributed by atoms with van der Waals surface area (Å²) in [5, 5.41) is 13.7. The number of carboxylic acids is 1. The van der Waals surface area contributed by atoms with Crippen LogP contribution in [0.1, 0.15) is 30.1 Å². The molecule has 1 unspecified atom stereocenters. The largest absolute Gasteiger partial charge is 0.480 e. The second-order valence-electron chi connectivity index (χ2n) is 4.22. The van der Waals surface area contributed by atoms with E-state index in [1.165, 1.54) is 12.1 Å². The summed E-state index contributed by atoms with van der Waals surface area (Å²) in [7, 11) is 0. The van der Waals surface area contributed by atoms with Gasteiger partial charge in [0.05, 0.1) is 0 Å². The number of carbonyl (C=O) groups is 3. The lowest BCUT2D eigenvalue weighted by Gasteiger charge is -2.14. The maximum Gasteiger partial charge on any atom is 0.326 e. The van der Waals surface area contributed by atoms with Crippen LogP contribution in [0.5, 0.6) is 0 Å². The Morgan fingerprint density at radius 3 is 2.60 bits per heavy atom. The Hall–Kier alpha value is -2.57. The Kier molecular flexibility index (Phi) is 5.52. The molecule has 0 spiro atoms. The Morgan fingerprint density at radius 2 is 2.05 bits per heavy atom. The maximum absolute atomic E-state index is 11.7. The Balaban J connectivity index is 2.68. The summed E-state index contributed by atoms with van der Waals surface area (Å²) in [4.78, 5) is 33.6. The Morgan fingerprint density at radius 1 is 1.35 bits per heavy atom. The molecule has 20 heavy (non-hydrogen) atoms. The van der Waals surface area contributed by atoms with Crippen molar-refractivity contribution in [3.05, 3.63) is 29.8 Å². The molecule has 0 aliphatic carbocycles. The number of nitrogens with one attached hydrogen (secondary N) is 2. The highest BCUT2D eigenvalue weighted by atomic mass is 16.4. The van der Waals surface area contributed by atoms with Crippen LogP contribution in [0.2, 0.25) is 0 Å². The summed E-state index contributed by atoms with van der Waals surface area (Å²) in [6.07, 6.45) is 0.971. The molecule has 1 rings (SSSR count). The van der Waals surface area contributed by atoms with Gasteiger partial charge in [-0.1, -0.05) is 19.4 Å². The van der Waals surface area contributed by atoms with Crippen LogP contribution in [0.25, 0.3) is 0 Å². The summed E-state index contributed by atoms with van der Waals surface area (Å²) in [6, 6.07) is 4.48. The van der Waals surface area contributed by atoms with E-state index in [0.717, 1.165) is 0 Å². The zero-order valence-electron chi connectivity index (χ0n) is 11.1. The highest BCUT2D eigenvalue weighted by molar-refractivity contribution is 5.96. The zero-order chi connectivity index (χ0) is 15.1. The fourth-order valence-electron chi connectivity index (χ4n) is 1.62. The van der Waals surface area contributed by atoms with E-state index in [9.17, 15) is 14.4 Å². The molecule has 1 aromatic carbocycles. The first-order valence-corrected chi connectivity index (χ1v) is 6.14. The minimum absolute atomic E-state index is 0.256. The Bertz CT molecular complexity index is 516. The van der Waals surface area contributed by atoms with Gasteiger partial charge in [0.15, 0.2) is 0 Å². The molecule has 0 aliphatic rings. The van der Waals surface area contributed by atoms with E-state index in [0.29, 0.717) is 18.5 Å². The van der Waals surface area contributed by atoms with Crippen molar-refractivity contribution in [1.82, 2.24) is 5.32 Å². The van der Waals surface area contributed by atoms with Crippen molar-refractivity contribution in [1.29, 1.82) is 0 Å². The van der Waals surface area contributed by atoms with Crippen molar-refractivity contribution in [2.45, 2.75) is 25.8 Å². The molecule has 0 radical (unpaired) electrons. The van der Waals surface area contributed by atoms with E-state index in [1.54, 1.807) is 12.1 Å². The number of carboxylic acid groups (broad SMARTS) is 1. The molecule has 0 aliphatic heterocycles. The molecule has 7 heteroatoms. The molecule has 0 bridgehead atoms. The van der Waals surface area contributed by atoms with Gasteiger partial charge in [0.2, 0.25) is 5.91 Å². The standard InChI is InChI=1S/C13H17N3O4/c1-2-4-10(12(18)19)16-13(20)15-9-6-3-5-8(7-9)11(14)17/h3,5-7,10H,2,4H2,1H3,(H2,14,17)(H,18,19)(H2,15,16,20). The van der Waals surface area contributed by atoms with Crippen LogP contribution in [0.3, 0.4) is 0 Å². The van der Waals surface area contributed by atoms with Gasteiger partial charge in [-0.05, 0) is 24.6 Å². The predicted octanol–water partition coefficient (Wildman–Crippen LogP) is 1.16. The van der Waals surface area contributed by atoms with Crippen molar-refractivity contribution < 1.29 is 19.5 Å². The van der Waals surface area contributed by atoms with Gasteiger partial charge in [-0.25, -0.2) is 9.59 Å². The normalized spacial score (nSPS) is 11.4. The lowest BCUT2D eigenvalue weighted by atomic mass is 10.2. The number of hydrogen-bond donors (Lipinski definition) is 4. The van der Waals surface area contributed by atoms with Gasteiger partial charge in [0.25, 0.3) is 0 Å². The topological polar surface area (TPSA) is 122 Å². The molecular weight excluding hydrogens is 262 g/mol. The zero-order valence-corrected chi connectivity index (χ0v) is 11.1. The molecule has 0 heterocycles. The minimum atomic E-state index is -1.09. The molecule has 0 saturated carbocycles. The summed E-state index contributed by atoms with van der Waals surface area (Å²) in [5.74, 6) is -1.70. The number of anilines is 1. The van der Waals surface area contributed by atoms with Crippen LogP contribution < -0.4 is 16.4 Å². The van der Waals surface area contributed by atoms with Gasteiger partial charge in [-0.15, -0.1) is 0 Å². The van der Waals surface area contributed by atoms with Crippen LogP contribution in [0.4, 0.5) is 10.5 Å². The van der Waals surface area contributed by atoms with Crippen LogP contribution in [0.15, 0.2) is 24.3 Å². The quantitative estimate of drug-likeness (QED) is 0.624. The fraction of sp³-hybridized carbons (Fsp3) is 0.308. The monoisotopic (exact) mass is 279 g/mol. The van der Waals surface area contributed by atoms with E-state index in [2.05, 4.69) is 10.6 Å². The van der Waals surface area contributed by atoms with Crippen LogP contribution in [-0.4, -0.2) is 29.1 Å². The number of rotatable bonds is 6. The number of nitrogens with two attached hydrogens (primary N) is 1. The number of primary amides is 1. The van der Waals surface area contributed by atoms with Crippen molar-refractivity contribution >= 4 is 23.6 Å². The summed E-state index contributed by atoms with van der Waals surface area (Å²) in [5.41, 5.74) is 5.74. The van der Waals surface area contributed by atoms with Crippen molar-refractivity contribution in [2.75, 3.05) is 5.32 Å². The van der Waals surface area contributed by atoms with Crippen LogP contribution in [0, 0.1) is 0 Å². The van der Waals surface area contributed by atoms with Crippen LogP contribution in [-0.2, 0) is 4.79 Å². The first-order chi connectivity index (χ1) is 9.43. The van der Waals surface area contributed by atoms with Gasteiger partial charge < -0.3 is 21.5 Å². The average Bonchev–Trinajstić information content (AvgIpc) is 2.38. The van der Waals surface area contributed by atoms with Gasteiger partial charge in [0.1, 0.15) is 6.04 Å². The molecule has 3 amide bonds. The summed E-state index contributed by atoms with van der Waals surface area (Å²) >= 11 is 0. The molecule has 1 atom stereocenters. The predicted molar refractivity (Wildman–Crippen MR) is 73.4 cm³/mol. The molecule has 1 aromatic rings. The second-order valence-corrected chi connectivity index (χ2v) is 4.22. The smallest absolute Gasteiger partial charge is 0.326 e. The lowest BCUT2D eigenvalue weighted by molar-refractivity contribution is -0.139. The Labute approximate surface area is 116 Å². The molecule has 108 valence electrons. The molecule has 7 nitrogen and oxygen atoms in total. The van der Waals surface area contributed by atoms with Crippen molar-refractivity contribution in [3.8, 4) is 0 Å². The summed E-state index contributed by atoms with van der Waals surface area (Å²) < 4.78 is 0. The van der Waals surface area contributed by atoms with Crippen molar-refractivity contribution in [3.63, 3.8) is 0 Å². The second kappa shape index (κ2) is 7.13. The van der Waals surface area contributed by atoms with Gasteiger partial charge in [-0.2, -0.15) is 0 Å². The number of amides is 3. The van der Waals surface area contributed by atoms with E-state index in [4.69, 9.17) is 10.8 Å². The third kappa shape index (κ3) is 4.60. The van der Waals surface area contributed by atoms with E-state index >= 15 is 0 Å². The third-order valence-electron chi connectivity index (χ3n) is 2.59. The number of urea groups is 1.